The number of carbonyl (C=O) groups is 2. The number of amides is 2. The van der Waals surface area contributed by atoms with Crippen LogP contribution in [0.15, 0.2) is 30.3 Å². The zero-order valence-corrected chi connectivity index (χ0v) is 11.0. The van der Waals surface area contributed by atoms with Crippen LogP contribution in [0.4, 0.5) is 0 Å². The number of carbonyl (C=O) groups excluding carboxylic acids is 2. The predicted molar refractivity (Wildman–Crippen MR) is 73.1 cm³/mol. The number of primary amides is 1. The van der Waals surface area contributed by atoms with Gasteiger partial charge < -0.3 is 10.6 Å². The molecule has 0 atom stereocenters. The van der Waals surface area contributed by atoms with Crippen LogP contribution < -0.4 is 5.73 Å². The van der Waals surface area contributed by atoms with Crippen molar-refractivity contribution in [3.63, 3.8) is 0 Å². The van der Waals surface area contributed by atoms with Crippen LogP contribution in [0.2, 0.25) is 0 Å². The number of benzene rings is 1. The Kier molecular flexibility index (Phi) is 4.20. The lowest BCUT2D eigenvalue weighted by atomic mass is 9.79. The third kappa shape index (κ3) is 2.78. The third-order valence-corrected chi connectivity index (χ3v) is 4.01. The molecule has 0 bridgehead atoms. The molecule has 102 valence electrons. The van der Waals surface area contributed by atoms with Crippen molar-refractivity contribution in [3.8, 4) is 0 Å². The van der Waals surface area contributed by atoms with Gasteiger partial charge in [0.15, 0.2) is 0 Å². The Bertz CT molecular complexity index is 439. The Hall–Kier alpha value is -1.84. The summed E-state index contributed by atoms with van der Waals surface area (Å²) < 4.78 is 0. The molecule has 1 aromatic rings. The summed E-state index contributed by atoms with van der Waals surface area (Å²) in [4.78, 5) is 24.9. The lowest BCUT2D eigenvalue weighted by Crippen LogP contribution is -2.57. The van der Waals surface area contributed by atoms with Crippen LogP contribution in [0.5, 0.6) is 0 Å². The molecule has 0 unspecified atom stereocenters. The van der Waals surface area contributed by atoms with Crippen LogP contribution in [0.1, 0.15) is 37.7 Å². The van der Waals surface area contributed by atoms with Gasteiger partial charge in [0, 0.05) is 6.54 Å². The molecule has 4 heteroatoms. The molecular formula is C15H20N2O2. The Morgan fingerprint density at radius 2 is 1.84 bits per heavy atom. The minimum atomic E-state index is -0.796. The van der Waals surface area contributed by atoms with Gasteiger partial charge >= 0.3 is 0 Å². The van der Waals surface area contributed by atoms with E-state index < -0.39 is 5.54 Å². The number of hydrogen-bond donors (Lipinski definition) is 1. The van der Waals surface area contributed by atoms with E-state index in [1.807, 2.05) is 30.3 Å². The fourth-order valence-electron chi connectivity index (χ4n) is 2.88. The summed E-state index contributed by atoms with van der Waals surface area (Å²) in [6.07, 6.45) is 5.11. The average molecular weight is 260 g/mol. The van der Waals surface area contributed by atoms with Crippen molar-refractivity contribution >= 4 is 12.3 Å². The van der Waals surface area contributed by atoms with Gasteiger partial charge in [-0.2, -0.15) is 0 Å². The zero-order valence-electron chi connectivity index (χ0n) is 11.0. The van der Waals surface area contributed by atoms with E-state index in [0.717, 1.165) is 31.2 Å². The van der Waals surface area contributed by atoms with E-state index in [1.54, 1.807) is 4.90 Å². The fourth-order valence-corrected chi connectivity index (χ4v) is 2.88. The van der Waals surface area contributed by atoms with Gasteiger partial charge in [0.1, 0.15) is 5.54 Å². The summed E-state index contributed by atoms with van der Waals surface area (Å²) in [6.45, 7) is 0.438. The largest absolute Gasteiger partial charge is 0.368 e. The van der Waals surface area contributed by atoms with Crippen LogP contribution in [-0.4, -0.2) is 22.8 Å². The van der Waals surface area contributed by atoms with E-state index in [0.29, 0.717) is 19.4 Å². The topological polar surface area (TPSA) is 63.4 Å². The highest BCUT2D eigenvalue weighted by atomic mass is 16.2. The summed E-state index contributed by atoms with van der Waals surface area (Å²) in [5.74, 6) is -0.379. The van der Waals surface area contributed by atoms with Crippen LogP contribution in [0, 0.1) is 0 Å². The smallest absolute Gasteiger partial charge is 0.243 e. The molecule has 1 aromatic carbocycles. The zero-order chi connectivity index (χ0) is 13.7. The Morgan fingerprint density at radius 1 is 1.21 bits per heavy atom. The molecule has 0 saturated heterocycles. The first-order valence-electron chi connectivity index (χ1n) is 6.75. The number of nitrogens with two attached hydrogens (primary N) is 1. The molecule has 0 heterocycles. The monoisotopic (exact) mass is 260 g/mol. The van der Waals surface area contributed by atoms with Gasteiger partial charge in [-0.05, 0) is 18.4 Å². The van der Waals surface area contributed by atoms with Gasteiger partial charge in [0.2, 0.25) is 12.3 Å². The molecule has 2 amide bonds. The highest BCUT2D eigenvalue weighted by Gasteiger charge is 2.42. The lowest BCUT2D eigenvalue weighted by molar-refractivity contribution is -0.141. The lowest BCUT2D eigenvalue weighted by Gasteiger charge is -2.42. The number of hydrogen-bond acceptors (Lipinski definition) is 2. The highest BCUT2D eigenvalue weighted by molar-refractivity contribution is 5.86. The molecule has 2 N–H and O–H groups in total. The first-order valence-corrected chi connectivity index (χ1v) is 6.75. The highest BCUT2D eigenvalue weighted by Crippen LogP contribution is 2.33. The number of nitrogens with zero attached hydrogens (tertiary/aromatic N) is 1. The molecule has 19 heavy (non-hydrogen) atoms. The van der Waals surface area contributed by atoms with Crippen LogP contribution in [-0.2, 0) is 16.1 Å². The van der Waals surface area contributed by atoms with Gasteiger partial charge in [-0.25, -0.2) is 0 Å². The van der Waals surface area contributed by atoms with Crippen molar-refractivity contribution in [1.82, 2.24) is 4.90 Å². The van der Waals surface area contributed by atoms with Gasteiger partial charge in [-0.15, -0.1) is 0 Å². The Labute approximate surface area is 113 Å². The van der Waals surface area contributed by atoms with E-state index in [9.17, 15) is 9.59 Å². The molecule has 1 fully saturated rings. The summed E-state index contributed by atoms with van der Waals surface area (Å²) in [5.41, 5.74) is 5.81. The van der Waals surface area contributed by atoms with E-state index in [2.05, 4.69) is 0 Å². The molecular weight excluding hydrogens is 240 g/mol. The van der Waals surface area contributed by atoms with Gasteiger partial charge in [-0.1, -0.05) is 49.6 Å². The maximum absolute atomic E-state index is 11.9. The standard InChI is InChI=1S/C15H20N2O2/c16-14(19)15(9-5-2-6-10-15)17(12-18)11-13-7-3-1-4-8-13/h1,3-4,7-8,12H,2,5-6,9-11H2,(H2,16,19). The maximum Gasteiger partial charge on any atom is 0.243 e. The maximum atomic E-state index is 11.9. The quantitative estimate of drug-likeness (QED) is 0.821. The van der Waals surface area contributed by atoms with Gasteiger partial charge in [-0.3, -0.25) is 9.59 Å². The van der Waals surface area contributed by atoms with Crippen molar-refractivity contribution in [2.45, 2.75) is 44.2 Å². The van der Waals surface area contributed by atoms with Crippen molar-refractivity contribution in [3.05, 3.63) is 35.9 Å². The normalized spacial score (nSPS) is 17.7. The Balaban J connectivity index is 2.22. The molecule has 0 aliphatic heterocycles. The molecule has 4 nitrogen and oxygen atoms in total. The molecule has 2 rings (SSSR count). The predicted octanol–water partition coefficient (Wildman–Crippen LogP) is 1.83. The summed E-state index contributed by atoms with van der Waals surface area (Å²) >= 11 is 0. The molecule has 1 aliphatic rings. The van der Waals surface area contributed by atoms with E-state index >= 15 is 0 Å². The molecule has 1 saturated carbocycles. The second kappa shape index (κ2) is 5.87. The Morgan fingerprint density at radius 3 is 2.37 bits per heavy atom. The summed E-state index contributed by atoms with van der Waals surface area (Å²) in [6, 6.07) is 9.69. The summed E-state index contributed by atoms with van der Waals surface area (Å²) in [5, 5.41) is 0. The van der Waals surface area contributed by atoms with Crippen LogP contribution in [0.3, 0.4) is 0 Å². The number of rotatable bonds is 5. The molecule has 0 radical (unpaired) electrons. The van der Waals surface area contributed by atoms with Crippen molar-refractivity contribution in [2.24, 2.45) is 5.73 Å². The van der Waals surface area contributed by atoms with E-state index in [-0.39, 0.29) is 5.91 Å². The molecule has 1 aliphatic carbocycles. The second-order valence-electron chi connectivity index (χ2n) is 5.18. The van der Waals surface area contributed by atoms with E-state index in [4.69, 9.17) is 5.73 Å². The van der Waals surface area contributed by atoms with Crippen LogP contribution in [0.25, 0.3) is 0 Å². The van der Waals surface area contributed by atoms with Crippen molar-refractivity contribution < 1.29 is 9.59 Å². The van der Waals surface area contributed by atoms with E-state index in [1.165, 1.54) is 0 Å². The summed E-state index contributed by atoms with van der Waals surface area (Å²) in [7, 11) is 0. The third-order valence-electron chi connectivity index (χ3n) is 4.01. The minimum absolute atomic E-state index is 0.379. The minimum Gasteiger partial charge on any atom is -0.368 e. The van der Waals surface area contributed by atoms with Gasteiger partial charge in [0.25, 0.3) is 0 Å². The average Bonchev–Trinajstić information content (AvgIpc) is 2.46. The first kappa shape index (κ1) is 13.6. The second-order valence-corrected chi connectivity index (χ2v) is 5.18. The fraction of sp³-hybridized carbons (Fsp3) is 0.467. The van der Waals surface area contributed by atoms with Gasteiger partial charge in [0.05, 0.1) is 0 Å². The SMILES string of the molecule is NC(=O)C1(N(C=O)Cc2ccccc2)CCCCC1. The van der Waals surface area contributed by atoms with Crippen LogP contribution >= 0.6 is 0 Å². The first-order chi connectivity index (χ1) is 9.19. The molecule has 0 aromatic heterocycles. The van der Waals surface area contributed by atoms with Crippen molar-refractivity contribution in [2.75, 3.05) is 0 Å². The van der Waals surface area contributed by atoms with Crippen molar-refractivity contribution in [1.29, 1.82) is 0 Å². The molecule has 0 spiro atoms.